The first-order valence-corrected chi connectivity index (χ1v) is 6.16. The minimum Gasteiger partial charge on any atom is -0.474 e. The second-order valence-corrected chi connectivity index (χ2v) is 4.84. The number of halogens is 1. The standard InChI is InChI=1S/C10H9ClN2OS/c11-10-12-8(14-6-2-1-3-6)7-4-5-15-9(7)13-10/h4-6H,1-3H2. The van der Waals surface area contributed by atoms with E-state index in [0.29, 0.717) is 12.0 Å². The van der Waals surface area contributed by atoms with E-state index in [0.717, 1.165) is 23.1 Å². The monoisotopic (exact) mass is 240 g/mol. The normalized spacial score (nSPS) is 16.6. The molecule has 15 heavy (non-hydrogen) atoms. The average Bonchev–Trinajstić information content (AvgIpc) is 2.58. The van der Waals surface area contributed by atoms with Gasteiger partial charge in [-0.2, -0.15) is 4.98 Å². The maximum atomic E-state index is 5.83. The number of hydrogen-bond donors (Lipinski definition) is 0. The summed E-state index contributed by atoms with van der Waals surface area (Å²) in [4.78, 5) is 9.17. The summed E-state index contributed by atoms with van der Waals surface area (Å²) >= 11 is 7.38. The molecule has 2 aromatic rings. The van der Waals surface area contributed by atoms with Gasteiger partial charge in [-0.25, -0.2) is 4.98 Å². The fraction of sp³-hybridized carbons (Fsp3) is 0.400. The molecule has 0 N–H and O–H groups in total. The molecule has 0 bridgehead atoms. The summed E-state index contributed by atoms with van der Waals surface area (Å²) in [6, 6.07) is 1.98. The molecule has 0 aromatic carbocycles. The number of ether oxygens (including phenoxy) is 1. The number of hydrogen-bond acceptors (Lipinski definition) is 4. The Morgan fingerprint density at radius 3 is 3.00 bits per heavy atom. The van der Waals surface area contributed by atoms with Crippen LogP contribution in [0.4, 0.5) is 0 Å². The van der Waals surface area contributed by atoms with Crippen LogP contribution in [0, 0.1) is 0 Å². The summed E-state index contributed by atoms with van der Waals surface area (Å²) in [5.74, 6) is 0.635. The van der Waals surface area contributed by atoms with Crippen molar-refractivity contribution in [3.05, 3.63) is 16.7 Å². The minimum absolute atomic E-state index is 0.263. The predicted octanol–water partition coefficient (Wildman–Crippen LogP) is 3.28. The number of fused-ring (bicyclic) bond motifs is 1. The molecule has 0 saturated heterocycles. The SMILES string of the molecule is Clc1nc(OC2CCC2)c2ccsc2n1. The maximum absolute atomic E-state index is 5.83. The molecule has 2 aromatic heterocycles. The molecule has 3 nitrogen and oxygen atoms in total. The molecule has 1 fully saturated rings. The molecule has 0 aliphatic heterocycles. The van der Waals surface area contributed by atoms with Gasteiger partial charge in [0.2, 0.25) is 11.2 Å². The Morgan fingerprint density at radius 2 is 2.27 bits per heavy atom. The fourth-order valence-electron chi connectivity index (χ4n) is 1.54. The number of nitrogens with zero attached hydrogens (tertiary/aromatic N) is 2. The van der Waals surface area contributed by atoms with Gasteiger partial charge in [0.05, 0.1) is 5.39 Å². The van der Waals surface area contributed by atoms with Gasteiger partial charge in [-0.3, -0.25) is 0 Å². The van der Waals surface area contributed by atoms with Gasteiger partial charge in [-0.1, -0.05) is 0 Å². The van der Waals surface area contributed by atoms with Crippen LogP contribution < -0.4 is 4.74 Å². The average molecular weight is 241 g/mol. The second kappa shape index (κ2) is 3.61. The van der Waals surface area contributed by atoms with Gasteiger partial charge < -0.3 is 4.74 Å². The number of thiophene rings is 1. The molecule has 0 atom stereocenters. The lowest BCUT2D eigenvalue weighted by Gasteiger charge is -2.25. The quantitative estimate of drug-likeness (QED) is 0.756. The van der Waals surface area contributed by atoms with E-state index in [1.807, 2.05) is 11.4 Å². The van der Waals surface area contributed by atoms with Gasteiger partial charge in [0, 0.05) is 0 Å². The first-order valence-electron chi connectivity index (χ1n) is 4.90. The number of rotatable bonds is 2. The van der Waals surface area contributed by atoms with Gasteiger partial charge >= 0.3 is 0 Å². The summed E-state index contributed by atoms with van der Waals surface area (Å²) in [6.07, 6.45) is 3.80. The molecule has 1 aliphatic rings. The van der Waals surface area contributed by atoms with Gasteiger partial charge in [0.25, 0.3) is 0 Å². The molecule has 1 saturated carbocycles. The highest BCUT2D eigenvalue weighted by Gasteiger charge is 2.21. The van der Waals surface area contributed by atoms with Crippen molar-refractivity contribution < 1.29 is 4.74 Å². The van der Waals surface area contributed by atoms with Crippen LogP contribution in [0.15, 0.2) is 11.4 Å². The zero-order valence-corrected chi connectivity index (χ0v) is 9.51. The number of aromatic nitrogens is 2. The molecule has 0 spiro atoms. The van der Waals surface area contributed by atoms with Crippen LogP contribution in [-0.2, 0) is 0 Å². The highest BCUT2D eigenvalue weighted by molar-refractivity contribution is 7.16. The summed E-state index contributed by atoms with van der Waals surface area (Å²) in [6.45, 7) is 0. The minimum atomic E-state index is 0.263. The molecular formula is C10H9ClN2OS. The van der Waals surface area contributed by atoms with Crippen LogP contribution >= 0.6 is 22.9 Å². The topological polar surface area (TPSA) is 35.0 Å². The van der Waals surface area contributed by atoms with Gasteiger partial charge in [0.1, 0.15) is 10.9 Å². The first-order chi connectivity index (χ1) is 7.33. The Hall–Kier alpha value is -0.870. The predicted molar refractivity (Wildman–Crippen MR) is 60.7 cm³/mol. The second-order valence-electron chi connectivity index (χ2n) is 3.61. The zero-order valence-electron chi connectivity index (χ0n) is 7.94. The molecular weight excluding hydrogens is 232 g/mol. The molecule has 2 heterocycles. The molecule has 5 heteroatoms. The third-order valence-corrected chi connectivity index (χ3v) is 3.57. The molecule has 0 unspecified atom stereocenters. The van der Waals surface area contributed by atoms with E-state index in [2.05, 4.69) is 9.97 Å². The molecule has 3 rings (SSSR count). The van der Waals surface area contributed by atoms with Crippen LogP contribution in [0.25, 0.3) is 10.2 Å². The van der Waals surface area contributed by atoms with Crippen LogP contribution in [0.3, 0.4) is 0 Å². The summed E-state index contributed by atoms with van der Waals surface area (Å²) in [7, 11) is 0. The van der Waals surface area contributed by atoms with Crippen molar-refractivity contribution in [2.75, 3.05) is 0 Å². The van der Waals surface area contributed by atoms with Crippen molar-refractivity contribution in [3.8, 4) is 5.88 Å². The Kier molecular flexibility index (Phi) is 2.25. The van der Waals surface area contributed by atoms with Crippen LogP contribution in [0.2, 0.25) is 5.28 Å². The zero-order chi connectivity index (χ0) is 10.3. The van der Waals surface area contributed by atoms with Gasteiger partial charge in [-0.05, 0) is 42.3 Å². The lowest BCUT2D eigenvalue weighted by Crippen LogP contribution is -2.25. The van der Waals surface area contributed by atoms with Crippen LogP contribution in [-0.4, -0.2) is 16.1 Å². The smallest absolute Gasteiger partial charge is 0.227 e. The lowest BCUT2D eigenvalue weighted by atomic mass is 9.96. The van der Waals surface area contributed by atoms with Crippen molar-refractivity contribution >= 4 is 33.2 Å². The summed E-state index contributed by atoms with van der Waals surface area (Å²) in [5.41, 5.74) is 0. The lowest BCUT2D eigenvalue weighted by molar-refractivity contribution is 0.116. The summed E-state index contributed by atoms with van der Waals surface area (Å²) < 4.78 is 5.77. The highest BCUT2D eigenvalue weighted by atomic mass is 35.5. The van der Waals surface area contributed by atoms with E-state index in [-0.39, 0.29) is 5.28 Å². The third kappa shape index (κ3) is 1.68. The van der Waals surface area contributed by atoms with Gasteiger partial charge in [0.15, 0.2) is 0 Å². The van der Waals surface area contributed by atoms with Crippen molar-refractivity contribution in [3.63, 3.8) is 0 Å². The van der Waals surface area contributed by atoms with Crippen molar-refractivity contribution in [1.29, 1.82) is 0 Å². The summed E-state index contributed by atoms with van der Waals surface area (Å²) in [5, 5.41) is 3.21. The van der Waals surface area contributed by atoms with E-state index < -0.39 is 0 Å². The van der Waals surface area contributed by atoms with E-state index in [4.69, 9.17) is 16.3 Å². The Balaban J connectivity index is 2.02. The highest BCUT2D eigenvalue weighted by Crippen LogP contribution is 2.31. The van der Waals surface area contributed by atoms with Crippen molar-refractivity contribution in [2.24, 2.45) is 0 Å². The van der Waals surface area contributed by atoms with E-state index in [9.17, 15) is 0 Å². The largest absolute Gasteiger partial charge is 0.474 e. The maximum Gasteiger partial charge on any atom is 0.227 e. The first kappa shape index (κ1) is 9.36. The molecule has 0 amide bonds. The van der Waals surface area contributed by atoms with Gasteiger partial charge in [-0.15, -0.1) is 11.3 Å². The molecule has 0 radical (unpaired) electrons. The van der Waals surface area contributed by atoms with Crippen LogP contribution in [0.1, 0.15) is 19.3 Å². The Labute approximate surface area is 96.1 Å². The Bertz CT molecular complexity index is 495. The van der Waals surface area contributed by atoms with E-state index in [1.54, 1.807) is 11.3 Å². The van der Waals surface area contributed by atoms with E-state index in [1.165, 1.54) is 6.42 Å². The third-order valence-electron chi connectivity index (χ3n) is 2.59. The Morgan fingerprint density at radius 1 is 1.40 bits per heavy atom. The van der Waals surface area contributed by atoms with Crippen molar-refractivity contribution in [2.45, 2.75) is 25.4 Å². The van der Waals surface area contributed by atoms with E-state index >= 15 is 0 Å². The molecule has 78 valence electrons. The fourth-order valence-corrected chi connectivity index (χ4v) is 2.51. The van der Waals surface area contributed by atoms with Crippen molar-refractivity contribution in [1.82, 2.24) is 9.97 Å². The van der Waals surface area contributed by atoms with Crippen LogP contribution in [0.5, 0.6) is 5.88 Å². The molecule has 1 aliphatic carbocycles.